The van der Waals surface area contributed by atoms with Crippen molar-refractivity contribution in [3.05, 3.63) is 217 Å². The Labute approximate surface area is 349 Å². The maximum atomic E-state index is 14.2. The second kappa shape index (κ2) is 13.9. The lowest BCUT2D eigenvalue weighted by Crippen LogP contribution is -2.17. The lowest BCUT2D eigenvalue weighted by molar-refractivity contribution is 0.628. The third kappa shape index (κ3) is 5.78. The zero-order chi connectivity index (χ0) is 40.5. The van der Waals surface area contributed by atoms with Gasteiger partial charge in [0, 0.05) is 57.4 Å². The van der Waals surface area contributed by atoms with Gasteiger partial charge in [0.05, 0.1) is 11.0 Å². The fourth-order valence-electron chi connectivity index (χ4n) is 9.50. The van der Waals surface area contributed by atoms with Gasteiger partial charge in [0.15, 0.2) is 0 Å². The van der Waals surface area contributed by atoms with E-state index in [9.17, 15) is 4.39 Å². The molecule has 0 aliphatic heterocycles. The van der Waals surface area contributed by atoms with Crippen molar-refractivity contribution < 1.29 is 4.39 Å². The largest absolute Gasteiger partial charge is 0.345 e. The number of nitrogens with zero attached hydrogens (tertiary/aromatic N) is 3. The average molecular weight is 776 g/mol. The lowest BCUT2D eigenvalue weighted by atomic mass is 9.82. The van der Waals surface area contributed by atoms with Crippen LogP contribution in [-0.4, -0.2) is 11.6 Å². The minimum absolute atomic E-state index is 0.151. The quantitative estimate of drug-likeness (QED) is 0.160. The van der Waals surface area contributed by atoms with Gasteiger partial charge < -0.3 is 14.4 Å². The SMILES string of the molecule is CN(c1ccc(F)cc1)c1cc(-c2ccc3c(c2)c2ccccc2n3-c2ccc3ccccc3c2)cc(N(c2ccccc2)c2ccc3c(c2)C(C)(C)c2ccccc2-3)c1. The van der Waals surface area contributed by atoms with Crippen LogP contribution in [0.1, 0.15) is 25.0 Å². The molecule has 0 amide bonds. The summed E-state index contributed by atoms with van der Waals surface area (Å²) in [5, 5.41) is 4.83. The Hall–Kier alpha value is -7.43. The lowest BCUT2D eigenvalue weighted by Gasteiger charge is -2.30. The highest BCUT2D eigenvalue weighted by molar-refractivity contribution is 6.11. The Balaban J connectivity index is 1.11. The molecular formula is C56H42FN3. The first kappa shape index (κ1) is 35.7. The number of para-hydroxylation sites is 2. The molecule has 11 rings (SSSR count). The molecule has 9 aromatic carbocycles. The third-order valence-corrected chi connectivity index (χ3v) is 12.6. The van der Waals surface area contributed by atoms with Crippen LogP contribution in [0.15, 0.2) is 200 Å². The van der Waals surface area contributed by atoms with Crippen LogP contribution in [-0.2, 0) is 5.41 Å². The van der Waals surface area contributed by atoms with Crippen LogP contribution in [0, 0.1) is 5.82 Å². The molecule has 0 saturated heterocycles. The summed E-state index contributed by atoms with van der Waals surface area (Å²) >= 11 is 0. The molecule has 4 heteroatoms. The number of rotatable bonds is 7. The first-order chi connectivity index (χ1) is 29.3. The summed E-state index contributed by atoms with van der Waals surface area (Å²) < 4.78 is 16.6. The monoisotopic (exact) mass is 775 g/mol. The van der Waals surface area contributed by atoms with Gasteiger partial charge in [-0.25, -0.2) is 4.39 Å². The Kier molecular flexibility index (Phi) is 8.25. The Morgan fingerprint density at radius 1 is 0.433 bits per heavy atom. The maximum absolute atomic E-state index is 14.2. The van der Waals surface area contributed by atoms with Crippen LogP contribution in [0.5, 0.6) is 0 Å². The molecule has 288 valence electrons. The summed E-state index contributed by atoms with van der Waals surface area (Å²) in [5.41, 5.74) is 15.8. The molecule has 0 N–H and O–H groups in total. The van der Waals surface area contributed by atoms with E-state index < -0.39 is 0 Å². The van der Waals surface area contributed by atoms with Gasteiger partial charge in [0.25, 0.3) is 0 Å². The van der Waals surface area contributed by atoms with Gasteiger partial charge in [-0.3, -0.25) is 0 Å². The van der Waals surface area contributed by atoms with Gasteiger partial charge in [-0.2, -0.15) is 0 Å². The average Bonchev–Trinajstić information content (AvgIpc) is 3.74. The molecule has 0 bridgehead atoms. The van der Waals surface area contributed by atoms with E-state index in [0.29, 0.717) is 0 Å². The van der Waals surface area contributed by atoms with E-state index in [1.807, 2.05) is 12.1 Å². The fourth-order valence-corrected chi connectivity index (χ4v) is 9.50. The Morgan fingerprint density at radius 2 is 1.12 bits per heavy atom. The molecule has 3 nitrogen and oxygen atoms in total. The number of fused-ring (bicyclic) bond motifs is 7. The summed E-state index contributed by atoms with van der Waals surface area (Å²) in [7, 11) is 2.05. The summed E-state index contributed by atoms with van der Waals surface area (Å²) in [6, 6.07) is 70.7. The van der Waals surface area contributed by atoms with Gasteiger partial charge in [0.2, 0.25) is 0 Å². The van der Waals surface area contributed by atoms with Gasteiger partial charge in [-0.05, 0) is 141 Å². The number of benzene rings is 9. The van der Waals surface area contributed by atoms with Crippen molar-refractivity contribution in [2.24, 2.45) is 0 Å². The van der Waals surface area contributed by atoms with Crippen LogP contribution < -0.4 is 9.80 Å². The van der Waals surface area contributed by atoms with Crippen molar-refractivity contribution in [3.63, 3.8) is 0 Å². The summed E-state index contributed by atoms with van der Waals surface area (Å²) in [5.74, 6) is -0.255. The van der Waals surface area contributed by atoms with Crippen molar-refractivity contribution in [2.75, 3.05) is 16.8 Å². The highest BCUT2D eigenvalue weighted by Gasteiger charge is 2.35. The molecule has 1 heterocycles. The van der Waals surface area contributed by atoms with Gasteiger partial charge >= 0.3 is 0 Å². The molecular weight excluding hydrogens is 734 g/mol. The van der Waals surface area contributed by atoms with E-state index in [1.54, 1.807) is 0 Å². The first-order valence-electron chi connectivity index (χ1n) is 20.6. The minimum Gasteiger partial charge on any atom is -0.345 e. The molecule has 0 unspecified atom stereocenters. The van der Waals surface area contributed by atoms with Crippen molar-refractivity contribution >= 4 is 61.0 Å². The second-order valence-corrected chi connectivity index (χ2v) is 16.5. The fraction of sp³-hybridized carbons (Fsp3) is 0.0714. The standard InChI is InChI=1S/C56H42FN3/c1-56(2)52-19-11-9-17-48(52)49-29-28-45(36-53(49)56)59(43-15-5-4-6-16-43)47-33-40(32-46(35-47)58(3)42-26-23-41(57)24-27-42)39-22-30-55-51(34-39)50-18-10-12-20-54(50)60(55)44-25-21-37-13-7-8-14-38(37)31-44/h4-36H,1-3H3. The zero-order valence-corrected chi connectivity index (χ0v) is 33.8. The van der Waals surface area contributed by atoms with Crippen LogP contribution in [0.4, 0.5) is 32.8 Å². The van der Waals surface area contributed by atoms with Gasteiger partial charge in [-0.1, -0.05) is 117 Å². The number of hydrogen-bond donors (Lipinski definition) is 0. The predicted molar refractivity (Wildman–Crippen MR) is 250 cm³/mol. The van der Waals surface area contributed by atoms with Crippen molar-refractivity contribution in [1.82, 2.24) is 4.57 Å². The number of hydrogen-bond acceptors (Lipinski definition) is 2. The van der Waals surface area contributed by atoms with Crippen LogP contribution in [0.3, 0.4) is 0 Å². The number of halogens is 1. The van der Waals surface area contributed by atoms with E-state index in [4.69, 9.17) is 0 Å². The Bertz CT molecular complexity index is 3270. The molecule has 0 fully saturated rings. The molecule has 1 aromatic heterocycles. The smallest absolute Gasteiger partial charge is 0.123 e. The maximum Gasteiger partial charge on any atom is 0.123 e. The van der Waals surface area contributed by atoms with Crippen molar-refractivity contribution in [3.8, 4) is 27.9 Å². The molecule has 1 aliphatic carbocycles. The first-order valence-corrected chi connectivity index (χ1v) is 20.6. The normalized spacial score (nSPS) is 12.8. The van der Waals surface area contributed by atoms with Crippen molar-refractivity contribution in [1.29, 1.82) is 0 Å². The van der Waals surface area contributed by atoms with E-state index in [0.717, 1.165) is 50.8 Å². The predicted octanol–water partition coefficient (Wildman–Crippen LogP) is 15.3. The summed E-state index contributed by atoms with van der Waals surface area (Å²) in [6.07, 6.45) is 0. The van der Waals surface area contributed by atoms with Crippen LogP contribution in [0.25, 0.3) is 60.5 Å². The van der Waals surface area contributed by atoms with E-state index >= 15 is 0 Å². The molecule has 0 radical (unpaired) electrons. The highest BCUT2D eigenvalue weighted by atomic mass is 19.1. The van der Waals surface area contributed by atoms with Crippen LogP contribution in [0.2, 0.25) is 0 Å². The number of anilines is 5. The molecule has 0 spiro atoms. The molecule has 60 heavy (non-hydrogen) atoms. The van der Waals surface area contributed by atoms with E-state index in [1.165, 1.54) is 61.4 Å². The van der Waals surface area contributed by atoms with Crippen molar-refractivity contribution in [2.45, 2.75) is 19.3 Å². The molecule has 0 saturated carbocycles. The van der Waals surface area contributed by atoms with Crippen LogP contribution >= 0.6 is 0 Å². The number of aromatic nitrogens is 1. The molecule has 1 aliphatic rings. The topological polar surface area (TPSA) is 11.4 Å². The van der Waals surface area contributed by atoms with E-state index in [2.05, 4.69) is 211 Å². The Morgan fingerprint density at radius 3 is 1.97 bits per heavy atom. The van der Waals surface area contributed by atoms with Gasteiger partial charge in [-0.15, -0.1) is 0 Å². The summed E-state index contributed by atoms with van der Waals surface area (Å²) in [6.45, 7) is 4.66. The second-order valence-electron chi connectivity index (χ2n) is 16.5. The minimum atomic E-state index is -0.255. The zero-order valence-electron chi connectivity index (χ0n) is 33.8. The third-order valence-electron chi connectivity index (χ3n) is 12.6. The highest BCUT2D eigenvalue weighted by Crippen LogP contribution is 2.51. The van der Waals surface area contributed by atoms with E-state index in [-0.39, 0.29) is 11.2 Å². The summed E-state index contributed by atoms with van der Waals surface area (Å²) in [4.78, 5) is 4.51. The van der Waals surface area contributed by atoms with Gasteiger partial charge in [0.1, 0.15) is 5.82 Å². The molecule has 0 atom stereocenters. The molecule has 10 aromatic rings.